The first-order valence-electron chi connectivity index (χ1n) is 5.97. The first-order chi connectivity index (χ1) is 7.83. The van der Waals surface area contributed by atoms with E-state index in [1.54, 1.807) is 18.4 Å². The molecular formula is C12H20N2OS. The summed E-state index contributed by atoms with van der Waals surface area (Å²) in [6.45, 7) is 3.95. The van der Waals surface area contributed by atoms with E-state index in [2.05, 4.69) is 22.6 Å². The number of thiazole rings is 1. The van der Waals surface area contributed by atoms with Gasteiger partial charge in [-0.2, -0.15) is 0 Å². The third-order valence-electron chi connectivity index (χ3n) is 3.15. The lowest BCUT2D eigenvalue weighted by Gasteiger charge is -2.32. The third-order valence-corrected chi connectivity index (χ3v) is 4.10. The molecule has 0 spiro atoms. The van der Waals surface area contributed by atoms with Gasteiger partial charge in [0.2, 0.25) is 0 Å². The van der Waals surface area contributed by atoms with Crippen LogP contribution in [-0.4, -0.2) is 25.2 Å². The Morgan fingerprint density at radius 1 is 1.62 bits per heavy atom. The highest BCUT2D eigenvalue weighted by atomic mass is 32.1. The maximum Gasteiger partial charge on any atom is 0.115 e. The molecule has 1 aliphatic carbocycles. The van der Waals surface area contributed by atoms with Crippen LogP contribution in [0.3, 0.4) is 0 Å². The summed E-state index contributed by atoms with van der Waals surface area (Å²) in [4.78, 5) is 4.50. The molecule has 1 fully saturated rings. The molecule has 3 nitrogen and oxygen atoms in total. The highest BCUT2D eigenvalue weighted by Gasteiger charge is 2.47. The number of rotatable bonds is 7. The summed E-state index contributed by atoms with van der Waals surface area (Å²) in [5.41, 5.74) is -0.0288. The van der Waals surface area contributed by atoms with Gasteiger partial charge in [-0.15, -0.1) is 11.3 Å². The Labute approximate surface area is 101 Å². The molecular weight excluding hydrogens is 220 g/mol. The molecule has 1 aliphatic rings. The van der Waals surface area contributed by atoms with Crippen molar-refractivity contribution in [3.8, 4) is 0 Å². The Morgan fingerprint density at radius 2 is 2.44 bits per heavy atom. The minimum atomic E-state index is -0.0288. The highest BCUT2D eigenvalue weighted by Crippen LogP contribution is 2.46. The van der Waals surface area contributed by atoms with Crippen molar-refractivity contribution in [3.63, 3.8) is 0 Å². The summed E-state index contributed by atoms with van der Waals surface area (Å²) in [6.07, 6.45) is 5.61. The van der Waals surface area contributed by atoms with Gasteiger partial charge in [-0.25, -0.2) is 4.98 Å². The average molecular weight is 240 g/mol. The number of methoxy groups -OCH3 is 1. The molecule has 1 N–H and O–H groups in total. The first kappa shape index (κ1) is 12.0. The fourth-order valence-electron chi connectivity index (χ4n) is 2.22. The summed E-state index contributed by atoms with van der Waals surface area (Å²) in [7, 11) is 1.78. The van der Waals surface area contributed by atoms with Gasteiger partial charge < -0.3 is 10.1 Å². The molecule has 2 rings (SSSR count). The second-order valence-corrected chi connectivity index (χ2v) is 5.34. The maximum atomic E-state index is 5.43. The van der Waals surface area contributed by atoms with Crippen LogP contribution in [0.1, 0.15) is 31.2 Å². The molecule has 0 aliphatic heterocycles. The van der Waals surface area contributed by atoms with E-state index >= 15 is 0 Å². The van der Waals surface area contributed by atoms with Gasteiger partial charge in [0.05, 0.1) is 12.1 Å². The summed E-state index contributed by atoms with van der Waals surface area (Å²) in [5, 5.41) is 6.91. The van der Waals surface area contributed by atoms with Crippen molar-refractivity contribution in [1.29, 1.82) is 0 Å². The first-order valence-corrected chi connectivity index (χ1v) is 6.85. The van der Waals surface area contributed by atoms with Crippen LogP contribution in [0.2, 0.25) is 0 Å². The fraction of sp³-hybridized carbons (Fsp3) is 0.750. The van der Waals surface area contributed by atoms with Gasteiger partial charge in [0.15, 0.2) is 0 Å². The monoisotopic (exact) mass is 240 g/mol. The molecule has 0 amide bonds. The minimum Gasteiger partial charge on any atom is -0.382 e. The van der Waals surface area contributed by atoms with Crippen molar-refractivity contribution >= 4 is 11.3 Å². The highest BCUT2D eigenvalue weighted by molar-refractivity contribution is 7.09. The van der Waals surface area contributed by atoms with E-state index in [1.807, 2.05) is 6.20 Å². The predicted molar refractivity (Wildman–Crippen MR) is 66.7 cm³/mol. The Hall–Kier alpha value is -0.450. The van der Waals surface area contributed by atoms with Crippen LogP contribution in [0.15, 0.2) is 11.6 Å². The van der Waals surface area contributed by atoms with Crippen molar-refractivity contribution in [1.82, 2.24) is 10.3 Å². The van der Waals surface area contributed by atoms with Gasteiger partial charge in [-0.1, -0.05) is 6.92 Å². The summed E-state index contributed by atoms with van der Waals surface area (Å²) < 4.78 is 5.43. The quantitative estimate of drug-likeness (QED) is 0.794. The second-order valence-electron chi connectivity index (χ2n) is 4.44. The third kappa shape index (κ3) is 2.29. The van der Waals surface area contributed by atoms with Crippen LogP contribution in [0.25, 0.3) is 0 Å². The summed E-state index contributed by atoms with van der Waals surface area (Å²) >= 11 is 1.73. The van der Waals surface area contributed by atoms with E-state index in [9.17, 15) is 0 Å². The number of hydrogen-bond acceptors (Lipinski definition) is 4. The van der Waals surface area contributed by atoms with Crippen LogP contribution in [0, 0.1) is 5.92 Å². The fourth-order valence-corrected chi connectivity index (χ4v) is 3.10. The van der Waals surface area contributed by atoms with Crippen LogP contribution in [-0.2, 0) is 10.3 Å². The van der Waals surface area contributed by atoms with E-state index in [4.69, 9.17) is 4.74 Å². The van der Waals surface area contributed by atoms with Gasteiger partial charge in [0, 0.05) is 18.7 Å². The molecule has 1 aromatic heterocycles. The Bertz CT molecular complexity index is 311. The molecule has 1 heterocycles. The van der Waals surface area contributed by atoms with Crippen LogP contribution in [0.4, 0.5) is 0 Å². The van der Waals surface area contributed by atoms with Crippen LogP contribution >= 0.6 is 11.3 Å². The SMILES string of the molecule is CCCNC(COC)(c1nccs1)C1CC1. The zero-order valence-corrected chi connectivity index (χ0v) is 10.8. The molecule has 1 aromatic rings. The van der Waals surface area contributed by atoms with Crippen molar-refractivity contribution in [2.45, 2.75) is 31.7 Å². The Balaban J connectivity index is 2.21. The zero-order valence-electron chi connectivity index (χ0n) is 10.0. The van der Waals surface area contributed by atoms with E-state index < -0.39 is 0 Å². The standard InChI is InChI=1S/C12H20N2OS/c1-3-6-14-12(9-15-2,10-4-5-10)11-13-7-8-16-11/h7-8,10,14H,3-6,9H2,1-2H3. The molecule has 0 radical (unpaired) electrons. The van der Waals surface area contributed by atoms with Crippen molar-refractivity contribution < 1.29 is 4.74 Å². The number of ether oxygens (including phenoxy) is 1. The smallest absolute Gasteiger partial charge is 0.115 e. The lowest BCUT2D eigenvalue weighted by molar-refractivity contribution is 0.0925. The Kier molecular flexibility index (Phi) is 3.95. The lowest BCUT2D eigenvalue weighted by atomic mass is 9.94. The molecule has 0 bridgehead atoms. The molecule has 0 saturated heterocycles. The van der Waals surface area contributed by atoms with Gasteiger partial charge in [0.25, 0.3) is 0 Å². The topological polar surface area (TPSA) is 34.1 Å². The molecule has 90 valence electrons. The van der Waals surface area contributed by atoms with Gasteiger partial charge in [-0.05, 0) is 31.7 Å². The number of nitrogens with zero attached hydrogens (tertiary/aromatic N) is 1. The minimum absolute atomic E-state index is 0.0288. The van der Waals surface area contributed by atoms with Gasteiger partial charge in [-0.3, -0.25) is 0 Å². The van der Waals surface area contributed by atoms with Crippen molar-refractivity contribution in [2.24, 2.45) is 5.92 Å². The van der Waals surface area contributed by atoms with Crippen molar-refractivity contribution in [3.05, 3.63) is 16.6 Å². The average Bonchev–Trinajstić information content (AvgIpc) is 3.00. The molecule has 1 atom stereocenters. The number of hydrogen-bond donors (Lipinski definition) is 1. The maximum absolute atomic E-state index is 5.43. The summed E-state index contributed by atoms with van der Waals surface area (Å²) in [5.74, 6) is 0.699. The van der Waals surface area contributed by atoms with E-state index in [0.29, 0.717) is 5.92 Å². The second kappa shape index (κ2) is 5.25. The number of aromatic nitrogens is 1. The van der Waals surface area contributed by atoms with Crippen LogP contribution in [0.5, 0.6) is 0 Å². The van der Waals surface area contributed by atoms with E-state index in [1.165, 1.54) is 17.8 Å². The van der Waals surface area contributed by atoms with Gasteiger partial charge >= 0.3 is 0 Å². The molecule has 4 heteroatoms. The molecule has 0 aromatic carbocycles. The van der Waals surface area contributed by atoms with Crippen molar-refractivity contribution in [2.75, 3.05) is 20.3 Å². The molecule has 16 heavy (non-hydrogen) atoms. The zero-order chi connectivity index (χ0) is 11.4. The predicted octanol–water partition coefficient (Wildman–Crippen LogP) is 2.39. The largest absolute Gasteiger partial charge is 0.382 e. The lowest BCUT2D eigenvalue weighted by Crippen LogP contribution is -2.48. The molecule has 1 saturated carbocycles. The number of nitrogens with one attached hydrogen (secondary N) is 1. The molecule has 1 unspecified atom stereocenters. The van der Waals surface area contributed by atoms with E-state index in [-0.39, 0.29) is 5.54 Å². The summed E-state index contributed by atoms with van der Waals surface area (Å²) in [6, 6.07) is 0. The van der Waals surface area contributed by atoms with E-state index in [0.717, 1.165) is 19.6 Å². The normalized spacial score (nSPS) is 19.6. The van der Waals surface area contributed by atoms with Crippen LogP contribution < -0.4 is 5.32 Å². The Morgan fingerprint density at radius 3 is 2.94 bits per heavy atom. The van der Waals surface area contributed by atoms with Gasteiger partial charge in [0.1, 0.15) is 5.01 Å².